The molecule has 1 unspecified atom stereocenters. The van der Waals surface area contributed by atoms with Gasteiger partial charge in [-0.3, -0.25) is 9.80 Å². The summed E-state index contributed by atoms with van der Waals surface area (Å²) in [6, 6.07) is 3.00. The van der Waals surface area contributed by atoms with Gasteiger partial charge in [-0.1, -0.05) is 11.8 Å². The molecule has 114 valence electrons. The molecule has 1 atom stereocenters. The van der Waals surface area contributed by atoms with E-state index in [0.717, 1.165) is 18.2 Å². The Bertz CT molecular complexity index is 516. The summed E-state index contributed by atoms with van der Waals surface area (Å²) in [5.74, 6) is 6.12. The van der Waals surface area contributed by atoms with Crippen molar-refractivity contribution in [1.29, 1.82) is 0 Å². The first-order valence-corrected chi connectivity index (χ1v) is 8.86. The lowest BCUT2D eigenvalue weighted by atomic mass is 10.2. The zero-order valence-corrected chi connectivity index (χ0v) is 13.4. The van der Waals surface area contributed by atoms with Crippen LogP contribution in [0.2, 0.25) is 0 Å². The van der Waals surface area contributed by atoms with Crippen molar-refractivity contribution in [3.05, 3.63) is 21.9 Å². The third kappa shape index (κ3) is 4.08. The quantitative estimate of drug-likeness (QED) is 0.867. The molecule has 4 heteroatoms. The Kier molecular flexibility index (Phi) is 5.32. The number of aliphatic hydroxyl groups excluding tert-OH is 1. The molecule has 3 nitrogen and oxygen atoms in total. The van der Waals surface area contributed by atoms with Crippen molar-refractivity contribution in [2.45, 2.75) is 38.3 Å². The van der Waals surface area contributed by atoms with E-state index >= 15 is 0 Å². The predicted octanol–water partition coefficient (Wildman–Crippen LogP) is 2.15. The highest BCUT2D eigenvalue weighted by Gasteiger charge is 2.28. The summed E-state index contributed by atoms with van der Waals surface area (Å²) >= 11 is 1.81. The van der Waals surface area contributed by atoms with E-state index in [-0.39, 0.29) is 6.61 Å². The molecule has 1 aromatic heterocycles. The van der Waals surface area contributed by atoms with Gasteiger partial charge in [0, 0.05) is 41.4 Å². The third-order valence-corrected chi connectivity index (χ3v) is 5.31. The van der Waals surface area contributed by atoms with Gasteiger partial charge in [-0.05, 0) is 45.0 Å². The van der Waals surface area contributed by atoms with Crippen LogP contribution in [0.1, 0.15) is 36.1 Å². The first kappa shape index (κ1) is 15.1. The highest BCUT2D eigenvalue weighted by atomic mass is 32.1. The minimum absolute atomic E-state index is 0.148. The fourth-order valence-corrected chi connectivity index (χ4v) is 4.25. The second-order valence-electron chi connectivity index (χ2n) is 6.00. The summed E-state index contributed by atoms with van der Waals surface area (Å²) in [4.78, 5) is 6.71. The molecular weight excluding hydrogens is 280 g/mol. The van der Waals surface area contributed by atoms with Gasteiger partial charge in [0.2, 0.25) is 0 Å². The van der Waals surface area contributed by atoms with Crippen LogP contribution in [-0.4, -0.2) is 53.7 Å². The third-order valence-electron chi connectivity index (χ3n) is 4.39. The van der Waals surface area contributed by atoms with Crippen LogP contribution in [0.3, 0.4) is 0 Å². The number of hydrogen-bond donors (Lipinski definition) is 1. The van der Waals surface area contributed by atoms with Crippen molar-refractivity contribution in [2.75, 3.05) is 32.8 Å². The largest absolute Gasteiger partial charge is 0.395 e. The van der Waals surface area contributed by atoms with Crippen molar-refractivity contribution in [3.63, 3.8) is 0 Å². The fourth-order valence-electron chi connectivity index (χ4n) is 3.40. The molecule has 2 saturated heterocycles. The van der Waals surface area contributed by atoms with E-state index in [1.54, 1.807) is 0 Å². The molecule has 2 fully saturated rings. The molecule has 0 radical (unpaired) electrons. The fraction of sp³-hybridized carbons (Fsp3) is 0.647. The minimum atomic E-state index is 0.148. The number of nitrogens with zero attached hydrogens (tertiary/aromatic N) is 2. The first-order valence-electron chi connectivity index (χ1n) is 7.99. The molecule has 0 amide bonds. The van der Waals surface area contributed by atoms with Crippen molar-refractivity contribution in [1.82, 2.24) is 9.80 Å². The average Bonchev–Trinajstić information content (AvgIpc) is 3.06. The van der Waals surface area contributed by atoms with E-state index in [1.807, 2.05) is 11.3 Å². The van der Waals surface area contributed by atoms with Gasteiger partial charge in [-0.25, -0.2) is 0 Å². The zero-order valence-electron chi connectivity index (χ0n) is 12.6. The Balaban J connectivity index is 1.57. The lowest BCUT2D eigenvalue weighted by Gasteiger charge is -2.25. The van der Waals surface area contributed by atoms with Crippen LogP contribution in [0.25, 0.3) is 0 Å². The van der Waals surface area contributed by atoms with E-state index in [0.29, 0.717) is 6.42 Å². The molecular formula is C17H24N2OS. The van der Waals surface area contributed by atoms with Gasteiger partial charge < -0.3 is 5.11 Å². The second-order valence-corrected chi connectivity index (χ2v) is 6.99. The number of rotatable bonds is 3. The van der Waals surface area contributed by atoms with Gasteiger partial charge in [-0.15, -0.1) is 11.3 Å². The molecule has 0 saturated carbocycles. The first-order chi connectivity index (χ1) is 10.3. The van der Waals surface area contributed by atoms with E-state index < -0.39 is 0 Å². The van der Waals surface area contributed by atoms with Crippen molar-refractivity contribution in [2.24, 2.45) is 0 Å². The summed E-state index contributed by atoms with van der Waals surface area (Å²) in [6.45, 7) is 6.25. The van der Waals surface area contributed by atoms with Crippen molar-refractivity contribution < 1.29 is 5.11 Å². The number of fused-ring (bicyclic) bond motifs is 1. The molecule has 2 aliphatic heterocycles. The van der Waals surface area contributed by atoms with Gasteiger partial charge in [0.1, 0.15) is 0 Å². The molecule has 0 bridgehead atoms. The predicted molar refractivity (Wildman–Crippen MR) is 87.4 cm³/mol. The lowest BCUT2D eigenvalue weighted by Crippen LogP contribution is -2.36. The summed E-state index contributed by atoms with van der Waals surface area (Å²) in [6.07, 6.45) is 4.61. The van der Waals surface area contributed by atoms with E-state index in [2.05, 4.69) is 33.1 Å². The minimum Gasteiger partial charge on any atom is -0.395 e. The Morgan fingerprint density at radius 1 is 1.29 bits per heavy atom. The molecule has 0 spiro atoms. The monoisotopic (exact) mass is 304 g/mol. The van der Waals surface area contributed by atoms with Crippen LogP contribution in [0.5, 0.6) is 0 Å². The molecule has 3 rings (SSSR count). The van der Waals surface area contributed by atoms with Gasteiger partial charge in [0.15, 0.2) is 0 Å². The Labute approximate surface area is 131 Å². The smallest absolute Gasteiger partial charge is 0.0540 e. The van der Waals surface area contributed by atoms with Gasteiger partial charge in [-0.2, -0.15) is 0 Å². The van der Waals surface area contributed by atoms with E-state index in [9.17, 15) is 0 Å². The van der Waals surface area contributed by atoms with Gasteiger partial charge >= 0.3 is 0 Å². The summed E-state index contributed by atoms with van der Waals surface area (Å²) < 4.78 is 0. The van der Waals surface area contributed by atoms with Crippen LogP contribution < -0.4 is 0 Å². The summed E-state index contributed by atoms with van der Waals surface area (Å²) in [5, 5.41) is 10.9. The van der Waals surface area contributed by atoms with Crippen molar-refractivity contribution >= 4 is 11.3 Å². The maximum absolute atomic E-state index is 8.76. The standard InChI is InChI=1S/C17H24N2OS/c20-10-2-1-5-15-11-17(21-14-15)13-18-7-4-9-19-8-3-6-16(19)12-18/h11,14,16,20H,2-4,6-10,12-13H2. The number of aliphatic hydroxyl groups is 1. The molecule has 21 heavy (non-hydrogen) atoms. The van der Waals surface area contributed by atoms with Crippen LogP contribution in [0, 0.1) is 11.8 Å². The SMILES string of the molecule is OCCC#Cc1csc(CN2CCCN3CCCC3C2)c1. The highest BCUT2D eigenvalue weighted by Crippen LogP contribution is 2.23. The van der Waals surface area contributed by atoms with Crippen LogP contribution >= 0.6 is 11.3 Å². The Hall–Kier alpha value is -0.860. The number of hydrogen-bond acceptors (Lipinski definition) is 4. The Morgan fingerprint density at radius 3 is 3.10 bits per heavy atom. The van der Waals surface area contributed by atoms with E-state index in [4.69, 9.17) is 5.11 Å². The second kappa shape index (κ2) is 7.42. The molecule has 0 aromatic carbocycles. The maximum atomic E-state index is 8.76. The summed E-state index contributed by atoms with van der Waals surface area (Å²) in [7, 11) is 0. The van der Waals surface area contributed by atoms with Crippen LogP contribution in [0.15, 0.2) is 11.4 Å². The average molecular weight is 304 g/mol. The Morgan fingerprint density at radius 2 is 2.19 bits per heavy atom. The van der Waals surface area contributed by atoms with Crippen LogP contribution in [-0.2, 0) is 6.54 Å². The topological polar surface area (TPSA) is 26.7 Å². The van der Waals surface area contributed by atoms with Gasteiger partial charge in [0.05, 0.1) is 6.61 Å². The van der Waals surface area contributed by atoms with Crippen molar-refractivity contribution in [3.8, 4) is 11.8 Å². The molecule has 2 aliphatic rings. The van der Waals surface area contributed by atoms with E-state index in [1.165, 1.54) is 50.3 Å². The molecule has 1 aromatic rings. The normalized spacial score (nSPS) is 23.4. The van der Waals surface area contributed by atoms with Crippen LogP contribution in [0.4, 0.5) is 0 Å². The maximum Gasteiger partial charge on any atom is 0.0540 e. The summed E-state index contributed by atoms with van der Waals surface area (Å²) in [5.41, 5.74) is 1.10. The molecule has 1 N–H and O–H groups in total. The highest BCUT2D eigenvalue weighted by molar-refractivity contribution is 7.10. The van der Waals surface area contributed by atoms with Gasteiger partial charge in [0.25, 0.3) is 0 Å². The molecule has 3 heterocycles. The molecule has 0 aliphatic carbocycles. The lowest BCUT2D eigenvalue weighted by molar-refractivity contribution is 0.216. The number of thiophene rings is 1. The zero-order chi connectivity index (χ0) is 14.5.